The second-order valence-corrected chi connectivity index (χ2v) is 6.90. The van der Waals surface area contributed by atoms with E-state index in [2.05, 4.69) is 24.2 Å². The van der Waals surface area contributed by atoms with Crippen LogP contribution in [0.1, 0.15) is 51.9 Å². The minimum atomic E-state index is -0.296. The lowest BCUT2D eigenvalue weighted by molar-refractivity contribution is -0.149. The summed E-state index contributed by atoms with van der Waals surface area (Å²) in [6, 6.07) is 1.14. The fraction of sp³-hybridized carbons (Fsp3) is 0.875. The number of piperazine rings is 1. The van der Waals surface area contributed by atoms with Crippen molar-refractivity contribution >= 4 is 11.8 Å². The molecule has 3 aliphatic rings. The molecule has 3 rings (SSSR count). The third-order valence-corrected chi connectivity index (χ3v) is 5.56. The first-order valence-corrected chi connectivity index (χ1v) is 8.42. The molecule has 2 amide bonds. The van der Waals surface area contributed by atoms with Crippen LogP contribution in [0.2, 0.25) is 0 Å². The number of piperidine rings is 2. The van der Waals surface area contributed by atoms with Crippen molar-refractivity contribution in [1.82, 2.24) is 15.1 Å². The molecule has 1 N–H and O–H groups in total. The molecule has 0 aromatic rings. The Kier molecular flexibility index (Phi) is 4.20. The summed E-state index contributed by atoms with van der Waals surface area (Å²) in [6.45, 7) is 2.31. The van der Waals surface area contributed by atoms with Gasteiger partial charge in [-0.2, -0.15) is 0 Å². The zero-order valence-electron chi connectivity index (χ0n) is 13.2. The highest BCUT2D eigenvalue weighted by molar-refractivity contribution is 5.95. The predicted molar refractivity (Wildman–Crippen MR) is 80.8 cm³/mol. The molecule has 0 saturated carbocycles. The van der Waals surface area contributed by atoms with Crippen LogP contribution in [0, 0.1) is 0 Å². The van der Waals surface area contributed by atoms with Crippen LogP contribution in [0.3, 0.4) is 0 Å². The summed E-state index contributed by atoms with van der Waals surface area (Å²) >= 11 is 0. The van der Waals surface area contributed by atoms with Gasteiger partial charge in [0.25, 0.3) is 0 Å². The SMILES string of the molecule is CCCC1NC(=O)CN(C2CC3CCCC(C2)N3C)C1=O. The van der Waals surface area contributed by atoms with Crippen LogP contribution in [0.15, 0.2) is 0 Å². The molecule has 3 fully saturated rings. The smallest absolute Gasteiger partial charge is 0.245 e. The quantitative estimate of drug-likeness (QED) is 0.848. The Morgan fingerprint density at radius 3 is 2.43 bits per heavy atom. The monoisotopic (exact) mass is 293 g/mol. The summed E-state index contributed by atoms with van der Waals surface area (Å²) in [5.74, 6) is 0.154. The van der Waals surface area contributed by atoms with Gasteiger partial charge in [0.15, 0.2) is 0 Å². The molecule has 3 atom stereocenters. The number of rotatable bonds is 3. The summed E-state index contributed by atoms with van der Waals surface area (Å²) in [7, 11) is 2.22. The van der Waals surface area contributed by atoms with E-state index in [-0.39, 0.29) is 30.4 Å². The molecule has 118 valence electrons. The van der Waals surface area contributed by atoms with Crippen molar-refractivity contribution in [3.63, 3.8) is 0 Å². The van der Waals surface area contributed by atoms with E-state index in [4.69, 9.17) is 0 Å². The lowest BCUT2D eigenvalue weighted by Gasteiger charge is -2.50. The highest BCUT2D eigenvalue weighted by Gasteiger charge is 2.42. The number of nitrogens with one attached hydrogen (secondary N) is 1. The number of nitrogens with zero attached hydrogens (tertiary/aromatic N) is 2. The van der Waals surface area contributed by atoms with E-state index in [0.717, 1.165) is 25.7 Å². The largest absolute Gasteiger partial charge is 0.343 e. The topological polar surface area (TPSA) is 52.7 Å². The number of amides is 2. The number of hydrogen-bond donors (Lipinski definition) is 1. The molecule has 0 radical (unpaired) electrons. The first-order valence-electron chi connectivity index (χ1n) is 8.42. The average Bonchev–Trinajstić information content (AvgIpc) is 2.42. The minimum absolute atomic E-state index is 0.0112. The van der Waals surface area contributed by atoms with Crippen molar-refractivity contribution in [2.24, 2.45) is 0 Å². The molecule has 5 nitrogen and oxygen atoms in total. The van der Waals surface area contributed by atoms with Gasteiger partial charge < -0.3 is 15.1 Å². The predicted octanol–water partition coefficient (Wildman–Crippen LogP) is 1.13. The van der Waals surface area contributed by atoms with E-state index in [1.54, 1.807) is 0 Å². The molecular formula is C16H27N3O2. The Balaban J connectivity index is 1.73. The maximum atomic E-state index is 12.7. The van der Waals surface area contributed by atoms with Crippen LogP contribution in [0.5, 0.6) is 0 Å². The van der Waals surface area contributed by atoms with Crippen molar-refractivity contribution in [3.05, 3.63) is 0 Å². The summed E-state index contributed by atoms with van der Waals surface area (Å²) < 4.78 is 0. The van der Waals surface area contributed by atoms with Gasteiger partial charge >= 0.3 is 0 Å². The molecule has 21 heavy (non-hydrogen) atoms. The van der Waals surface area contributed by atoms with Gasteiger partial charge in [-0.05, 0) is 39.2 Å². The third kappa shape index (κ3) is 2.80. The Morgan fingerprint density at radius 1 is 1.14 bits per heavy atom. The van der Waals surface area contributed by atoms with E-state index >= 15 is 0 Å². The molecule has 0 aromatic heterocycles. The number of carbonyl (C=O) groups excluding carboxylic acids is 2. The van der Waals surface area contributed by atoms with Gasteiger partial charge in [0, 0.05) is 18.1 Å². The molecule has 2 bridgehead atoms. The highest BCUT2D eigenvalue weighted by atomic mass is 16.2. The van der Waals surface area contributed by atoms with Gasteiger partial charge in [0.1, 0.15) is 6.04 Å². The molecule has 0 aromatic carbocycles. The third-order valence-electron chi connectivity index (χ3n) is 5.56. The molecule has 3 saturated heterocycles. The minimum Gasteiger partial charge on any atom is -0.343 e. The van der Waals surface area contributed by atoms with Crippen LogP contribution in [0.4, 0.5) is 0 Å². The van der Waals surface area contributed by atoms with Gasteiger partial charge in [-0.3, -0.25) is 9.59 Å². The maximum Gasteiger partial charge on any atom is 0.245 e. The second kappa shape index (κ2) is 5.95. The molecule has 0 spiro atoms. The van der Waals surface area contributed by atoms with Crippen molar-refractivity contribution < 1.29 is 9.59 Å². The Labute approximate surface area is 127 Å². The Bertz CT molecular complexity index is 412. The van der Waals surface area contributed by atoms with Crippen molar-refractivity contribution in [2.75, 3.05) is 13.6 Å². The van der Waals surface area contributed by atoms with Crippen molar-refractivity contribution in [1.29, 1.82) is 0 Å². The maximum absolute atomic E-state index is 12.7. The van der Waals surface area contributed by atoms with Gasteiger partial charge in [0.05, 0.1) is 6.54 Å². The van der Waals surface area contributed by atoms with Crippen molar-refractivity contribution in [3.8, 4) is 0 Å². The second-order valence-electron chi connectivity index (χ2n) is 6.90. The van der Waals surface area contributed by atoms with Crippen LogP contribution in [0.25, 0.3) is 0 Å². The summed E-state index contributed by atoms with van der Waals surface area (Å²) in [5, 5.41) is 2.85. The molecule has 3 unspecified atom stereocenters. The average molecular weight is 293 g/mol. The molecule has 5 heteroatoms. The van der Waals surface area contributed by atoms with E-state index < -0.39 is 0 Å². The van der Waals surface area contributed by atoms with Crippen LogP contribution >= 0.6 is 0 Å². The lowest BCUT2D eigenvalue weighted by atomic mass is 9.81. The number of carbonyl (C=O) groups is 2. The summed E-state index contributed by atoms with van der Waals surface area (Å²) in [4.78, 5) is 29.0. The molecule has 3 aliphatic heterocycles. The van der Waals surface area contributed by atoms with Gasteiger partial charge in [-0.1, -0.05) is 19.8 Å². The standard InChI is InChI=1S/C16H27N3O2/c1-3-5-14-16(21)19(10-15(20)17-14)13-8-11-6-4-7-12(9-13)18(11)2/h11-14H,3-10H2,1-2H3,(H,17,20). The van der Waals surface area contributed by atoms with Crippen molar-refractivity contribution in [2.45, 2.75) is 76.0 Å². The van der Waals surface area contributed by atoms with Crippen LogP contribution in [-0.2, 0) is 9.59 Å². The van der Waals surface area contributed by atoms with E-state index in [0.29, 0.717) is 12.1 Å². The molecule has 3 heterocycles. The first-order chi connectivity index (χ1) is 10.1. The van der Waals surface area contributed by atoms with Gasteiger partial charge in [-0.15, -0.1) is 0 Å². The number of fused-ring (bicyclic) bond motifs is 2. The Hall–Kier alpha value is -1.10. The lowest BCUT2D eigenvalue weighted by Crippen LogP contribution is -2.64. The molecular weight excluding hydrogens is 266 g/mol. The number of hydrogen-bond acceptors (Lipinski definition) is 3. The fourth-order valence-electron chi connectivity index (χ4n) is 4.37. The normalized spacial score (nSPS) is 37.5. The van der Waals surface area contributed by atoms with Crippen LogP contribution < -0.4 is 5.32 Å². The van der Waals surface area contributed by atoms with E-state index in [9.17, 15) is 9.59 Å². The zero-order chi connectivity index (χ0) is 15.0. The van der Waals surface area contributed by atoms with Gasteiger partial charge in [-0.25, -0.2) is 0 Å². The zero-order valence-corrected chi connectivity index (χ0v) is 13.2. The van der Waals surface area contributed by atoms with E-state index in [1.165, 1.54) is 19.3 Å². The van der Waals surface area contributed by atoms with Gasteiger partial charge in [0.2, 0.25) is 11.8 Å². The van der Waals surface area contributed by atoms with E-state index in [1.807, 2.05) is 4.90 Å². The summed E-state index contributed by atoms with van der Waals surface area (Å²) in [6.07, 6.45) is 7.50. The Morgan fingerprint density at radius 2 is 1.81 bits per heavy atom. The van der Waals surface area contributed by atoms with Crippen LogP contribution in [-0.4, -0.2) is 59.4 Å². The summed E-state index contributed by atoms with van der Waals surface area (Å²) in [5.41, 5.74) is 0. The fourth-order valence-corrected chi connectivity index (χ4v) is 4.37. The highest BCUT2D eigenvalue weighted by Crippen LogP contribution is 2.35. The molecule has 0 aliphatic carbocycles. The first kappa shape index (κ1) is 14.8.